The van der Waals surface area contributed by atoms with Crippen molar-refractivity contribution >= 4 is 28.2 Å². The molecule has 0 aromatic heterocycles. The van der Waals surface area contributed by atoms with Crippen LogP contribution in [0.5, 0.6) is 0 Å². The first-order valence-corrected chi connectivity index (χ1v) is 9.41. The molecule has 9 heteroatoms. The molecule has 0 saturated heterocycles. The summed E-state index contributed by atoms with van der Waals surface area (Å²) in [6.07, 6.45) is -5.74. The number of carbonyl (C=O) groups excluding carboxylic acids is 1. The number of amides is 2. The minimum absolute atomic E-state index is 0.00645. The summed E-state index contributed by atoms with van der Waals surface area (Å²) in [4.78, 5) is 16.5. The van der Waals surface area contributed by atoms with Gasteiger partial charge in [0.2, 0.25) is 0 Å². The number of rotatable bonds is 4. The molecule has 3 aromatic carbocycles. The Morgan fingerprint density at radius 3 is 2.48 bits per heavy atom. The van der Waals surface area contributed by atoms with Gasteiger partial charge in [0.25, 0.3) is 0 Å². The van der Waals surface area contributed by atoms with Crippen LogP contribution in [0.2, 0.25) is 0 Å². The second-order valence-electron chi connectivity index (χ2n) is 7.12. The molecule has 3 N–H and O–H groups in total. The van der Waals surface area contributed by atoms with Gasteiger partial charge in [0.1, 0.15) is 0 Å². The maximum absolute atomic E-state index is 12.8. The van der Waals surface area contributed by atoms with E-state index < -0.39 is 18.4 Å². The molecule has 4 rings (SSSR count). The Bertz CT molecular complexity index is 1140. The Hall–Kier alpha value is -3.59. The number of hydrogen-bond acceptors (Lipinski definition) is 4. The molecule has 0 saturated carbocycles. The number of aliphatic hydroxyl groups is 1. The van der Waals surface area contributed by atoms with E-state index in [2.05, 4.69) is 20.6 Å². The maximum Gasteiger partial charge on any atom is 0.458 e. The number of anilines is 1. The highest BCUT2D eigenvalue weighted by Gasteiger charge is 2.60. The molecular weight excluding hydrogens is 411 g/mol. The van der Waals surface area contributed by atoms with Crippen molar-refractivity contribution in [3.63, 3.8) is 0 Å². The van der Waals surface area contributed by atoms with Gasteiger partial charge in [0.05, 0.1) is 17.8 Å². The molecule has 1 aliphatic rings. The molecule has 6 nitrogen and oxygen atoms in total. The van der Waals surface area contributed by atoms with Crippen LogP contribution in [0.25, 0.3) is 10.8 Å². The van der Waals surface area contributed by atoms with Crippen molar-refractivity contribution in [3.8, 4) is 0 Å². The van der Waals surface area contributed by atoms with E-state index in [1.54, 1.807) is 24.3 Å². The highest BCUT2D eigenvalue weighted by molar-refractivity contribution is 6.02. The van der Waals surface area contributed by atoms with Gasteiger partial charge in [0.15, 0.2) is 0 Å². The Labute approximate surface area is 175 Å². The summed E-state index contributed by atoms with van der Waals surface area (Å²) in [7, 11) is 0. The van der Waals surface area contributed by atoms with Crippen molar-refractivity contribution in [2.24, 2.45) is 5.16 Å². The monoisotopic (exact) mass is 429 g/mol. The average molecular weight is 429 g/mol. The summed E-state index contributed by atoms with van der Waals surface area (Å²) in [6.45, 7) is 0.215. The van der Waals surface area contributed by atoms with E-state index in [1.807, 2.05) is 42.5 Å². The third-order valence-electron chi connectivity index (χ3n) is 4.93. The SMILES string of the molecule is O=C(NCc1ccc(C2=NOC(O)(C(F)(F)F)C2)cc1)Nc1cccc2ccccc12. The molecule has 0 fully saturated rings. The van der Waals surface area contributed by atoms with Gasteiger partial charge in [-0.3, -0.25) is 0 Å². The van der Waals surface area contributed by atoms with Crippen LogP contribution in [-0.2, 0) is 11.4 Å². The number of alkyl halides is 3. The fraction of sp³-hybridized carbons (Fsp3) is 0.182. The molecule has 0 spiro atoms. The first-order chi connectivity index (χ1) is 14.7. The number of fused-ring (bicyclic) bond motifs is 1. The highest BCUT2D eigenvalue weighted by Crippen LogP contribution is 2.38. The van der Waals surface area contributed by atoms with E-state index in [1.165, 1.54) is 0 Å². The first kappa shape index (κ1) is 20.7. The molecule has 31 heavy (non-hydrogen) atoms. The van der Waals surface area contributed by atoms with Gasteiger partial charge in [0, 0.05) is 11.9 Å². The molecule has 3 aromatic rings. The minimum Gasteiger partial charge on any atom is -0.350 e. The lowest BCUT2D eigenvalue weighted by Gasteiger charge is -2.22. The summed E-state index contributed by atoms with van der Waals surface area (Å²) in [5.41, 5.74) is 1.81. The van der Waals surface area contributed by atoms with Crippen molar-refractivity contribution in [1.82, 2.24) is 5.32 Å². The van der Waals surface area contributed by atoms with E-state index in [-0.39, 0.29) is 18.3 Å². The zero-order valence-electron chi connectivity index (χ0n) is 16.1. The third-order valence-corrected chi connectivity index (χ3v) is 4.93. The highest BCUT2D eigenvalue weighted by atomic mass is 19.4. The van der Waals surface area contributed by atoms with E-state index in [0.29, 0.717) is 11.3 Å². The topological polar surface area (TPSA) is 83.0 Å². The summed E-state index contributed by atoms with van der Waals surface area (Å²) in [5.74, 6) is -3.30. The molecule has 2 amide bonds. The fourth-order valence-electron chi connectivity index (χ4n) is 3.23. The Balaban J connectivity index is 1.35. The number of oxime groups is 1. The first-order valence-electron chi connectivity index (χ1n) is 9.41. The Morgan fingerprint density at radius 1 is 1.06 bits per heavy atom. The van der Waals surface area contributed by atoms with Crippen LogP contribution in [0.15, 0.2) is 71.9 Å². The Kier molecular flexibility index (Phi) is 5.28. The summed E-state index contributed by atoms with van der Waals surface area (Å²) >= 11 is 0. The lowest BCUT2D eigenvalue weighted by Crippen LogP contribution is -2.45. The number of carbonyl (C=O) groups is 1. The van der Waals surface area contributed by atoms with E-state index in [0.717, 1.165) is 16.3 Å². The van der Waals surface area contributed by atoms with Gasteiger partial charge >= 0.3 is 18.0 Å². The maximum atomic E-state index is 12.8. The van der Waals surface area contributed by atoms with Crippen LogP contribution in [0.3, 0.4) is 0 Å². The van der Waals surface area contributed by atoms with Gasteiger partial charge in [-0.05, 0) is 22.6 Å². The van der Waals surface area contributed by atoms with Crippen LogP contribution >= 0.6 is 0 Å². The second kappa shape index (κ2) is 7.92. The quantitative estimate of drug-likeness (QED) is 0.570. The third kappa shape index (κ3) is 4.31. The van der Waals surface area contributed by atoms with Crippen LogP contribution in [-0.4, -0.2) is 28.8 Å². The molecule has 0 aliphatic carbocycles. The number of benzene rings is 3. The largest absolute Gasteiger partial charge is 0.458 e. The van der Waals surface area contributed by atoms with Crippen molar-refractivity contribution in [3.05, 3.63) is 77.9 Å². The lowest BCUT2D eigenvalue weighted by molar-refractivity contribution is -0.355. The zero-order chi connectivity index (χ0) is 22.1. The van der Waals surface area contributed by atoms with E-state index >= 15 is 0 Å². The zero-order valence-corrected chi connectivity index (χ0v) is 16.1. The lowest BCUT2D eigenvalue weighted by atomic mass is 10.0. The summed E-state index contributed by atoms with van der Waals surface area (Å²) < 4.78 is 38.5. The predicted molar refractivity (Wildman–Crippen MR) is 109 cm³/mol. The standard InChI is InChI=1S/C22H18F3N3O3/c23-22(24,25)21(30)12-19(28-31-21)16-10-8-14(9-11-16)13-26-20(29)27-18-7-3-5-15-4-1-2-6-17(15)18/h1-11,30H,12-13H2,(H2,26,27,29). The molecule has 1 heterocycles. The van der Waals surface area contributed by atoms with E-state index in [9.17, 15) is 23.1 Å². The number of halogens is 3. The van der Waals surface area contributed by atoms with Crippen molar-refractivity contribution < 1.29 is 27.9 Å². The van der Waals surface area contributed by atoms with Gasteiger partial charge in [-0.15, -0.1) is 0 Å². The molecule has 0 bridgehead atoms. The Morgan fingerprint density at radius 2 is 1.77 bits per heavy atom. The average Bonchev–Trinajstić information content (AvgIpc) is 3.16. The molecule has 160 valence electrons. The smallest absolute Gasteiger partial charge is 0.350 e. The second-order valence-corrected chi connectivity index (χ2v) is 7.12. The fourth-order valence-corrected chi connectivity index (χ4v) is 3.23. The van der Waals surface area contributed by atoms with Crippen molar-refractivity contribution in [2.75, 3.05) is 5.32 Å². The molecule has 1 unspecified atom stereocenters. The van der Waals surface area contributed by atoms with Gasteiger partial charge < -0.3 is 20.6 Å². The minimum atomic E-state index is -4.94. The predicted octanol–water partition coefficient (Wildman–Crippen LogP) is 4.54. The van der Waals surface area contributed by atoms with Crippen molar-refractivity contribution in [1.29, 1.82) is 0 Å². The van der Waals surface area contributed by atoms with E-state index in [4.69, 9.17) is 0 Å². The number of nitrogens with zero attached hydrogens (tertiary/aromatic N) is 1. The number of urea groups is 1. The van der Waals surface area contributed by atoms with Crippen LogP contribution in [0.1, 0.15) is 17.5 Å². The normalized spacial score (nSPS) is 18.4. The van der Waals surface area contributed by atoms with Crippen LogP contribution in [0.4, 0.5) is 23.7 Å². The van der Waals surface area contributed by atoms with Gasteiger partial charge in [-0.1, -0.05) is 65.8 Å². The summed E-state index contributed by atoms with van der Waals surface area (Å²) in [6, 6.07) is 19.3. The molecular formula is C22H18F3N3O3. The summed E-state index contributed by atoms with van der Waals surface area (Å²) in [5, 5.41) is 20.4. The van der Waals surface area contributed by atoms with Crippen LogP contribution in [0, 0.1) is 0 Å². The van der Waals surface area contributed by atoms with Gasteiger partial charge in [-0.2, -0.15) is 13.2 Å². The molecule has 1 atom stereocenters. The molecule has 0 radical (unpaired) electrons. The molecule has 1 aliphatic heterocycles. The number of hydrogen-bond donors (Lipinski definition) is 3. The van der Waals surface area contributed by atoms with Crippen LogP contribution < -0.4 is 10.6 Å². The number of nitrogens with one attached hydrogen (secondary N) is 2. The van der Waals surface area contributed by atoms with Gasteiger partial charge in [-0.25, -0.2) is 4.79 Å². The van der Waals surface area contributed by atoms with Crippen molar-refractivity contribution in [2.45, 2.75) is 24.9 Å².